The third-order valence-corrected chi connectivity index (χ3v) is 3.37. The van der Waals surface area contributed by atoms with Gasteiger partial charge < -0.3 is 4.74 Å². The molecule has 0 spiro atoms. The first-order valence-electron chi connectivity index (χ1n) is 7.05. The van der Waals surface area contributed by atoms with Crippen LogP contribution in [0.25, 0.3) is 0 Å². The van der Waals surface area contributed by atoms with Gasteiger partial charge in [0.2, 0.25) is 0 Å². The van der Waals surface area contributed by atoms with Crippen LogP contribution in [0.3, 0.4) is 0 Å². The third-order valence-electron chi connectivity index (χ3n) is 3.37. The highest BCUT2D eigenvalue weighted by Crippen LogP contribution is 2.28. The minimum atomic E-state index is -0.229. The van der Waals surface area contributed by atoms with E-state index in [9.17, 15) is 0 Å². The summed E-state index contributed by atoms with van der Waals surface area (Å²) >= 11 is 0. The summed E-state index contributed by atoms with van der Waals surface area (Å²) in [5.74, 6) is 0.695. The first-order chi connectivity index (χ1) is 10.9. The molecule has 3 rings (SSSR count). The Kier molecular flexibility index (Phi) is 4.17. The number of benzene rings is 3. The van der Waals surface area contributed by atoms with Crippen molar-refractivity contribution in [2.75, 3.05) is 0 Å². The number of hydrogen-bond donors (Lipinski definition) is 0. The van der Waals surface area contributed by atoms with Crippen LogP contribution >= 0.6 is 0 Å². The fraction of sp³-hybridized carbons (Fsp3) is 0.0500. The molecule has 0 fully saturated rings. The Morgan fingerprint density at radius 2 is 1.50 bits per heavy atom. The Balaban J connectivity index is 1.97. The van der Waals surface area contributed by atoms with Crippen LogP contribution in [0, 0.1) is 17.4 Å². The highest BCUT2D eigenvalue weighted by atomic mass is 16.5. The van der Waals surface area contributed by atoms with E-state index in [4.69, 9.17) is 10.00 Å². The number of hydrogen-bond acceptors (Lipinski definition) is 2. The van der Waals surface area contributed by atoms with Crippen molar-refractivity contribution >= 4 is 0 Å². The molecule has 2 heteroatoms. The molecule has 1 radical (unpaired) electrons. The van der Waals surface area contributed by atoms with Crippen molar-refractivity contribution in [2.45, 2.75) is 6.10 Å². The van der Waals surface area contributed by atoms with Gasteiger partial charge in [0, 0.05) is 6.07 Å². The third kappa shape index (κ3) is 3.16. The predicted octanol–water partition coefficient (Wildman–Crippen LogP) is 4.53. The molecule has 0 aliphatic rings. The van der Waals surface area contributed by atoms with Gasteiger partial charge in [0.15, 0.2) is 0 Å². The van der Waals surface area contributed by atoms with Crippen LogP contribution < -0.4 is 4.74 Å². The maximum absolute atomic E-state index is 8.93. The topological polar surface area (TPSA) is 33.0 Å². The highest BCUT2D eigenvalue weighted by Gasteiger charge is 2.16. The van der Waals surface area contributed by atoms with Gasteiger partial charge in [0.05, 0.1) is 11.6 Å². The highest BCUT2D eigenvalue weighted by molar-refractivity contribution is 5.37. The maximum atomic E-state index is 8.93. The van der Waals surface area contributed by atoms with Crippen molar-refractivity contribution < 1.29 is 4.74 Å². The molecule has 1 atom stereocenters. The lowest BCUT2D eigenvalue weighted by Gasteiger charge is -2.20. The zero-order chi connectivity index (χ0) is 15.2. The predicted molar refractivity (Wildman–Crippen MR) is 85.3 cm³/mol. The summed E-state index contributed by atoms with van der Waals surface area (Å²) in [6.45, 7) is 0. The number of para-hydroxylation sites is 1. The van der Waals surface area contributed by atoms with Gasteiger partial charge in [0.1, 0.15) is 11.9 Å². The summed E-state index contributed by atoms with van der Waals surface area (Å²) in [5.41, 5.74) is 2.70. The van der Waals surface area contributed by atoms with Crippen molar-refractivity contribution in [3.63, 3.8) is 0 Å². The molecule has 0 heterocycles. The Morgan fingerprint density at radius 1 is 0.818 bits per heavy atom. The first-order valence-corrected chi connectivity index (χ1v) is 7.05. The molecule has 0 amide bonds. The SMILES string of the molecule is N#Cc1ccc(C(Oc2[c]cccc2)c2ccccc2)cc1. The minimum Gasteiger partial charge on any atom is -0.480 e. The average Bonchev–Trinajstić information content (AvgIpc) is 2.61. The van der Waals surface area contributed by atoms with E-state index in [-0.39, 0.29) is 6.10 Å². The van der Waals surface area contributed by atoms with Crippen LogP contribution in [-0.2, 0) is 0 Å². The Labute approximate surface area is 130 Å². The van der Waals surface area contributed by atoms with Crippen LogP contribution in [0.4, 0.5) is 0 Å². The second-order valence-electron chi connectivity index (χ2n) is 4.87. The summed E-state index contributed by atoms with van der Waals surface area (Å²) in [6, 6.07) is 30.3. The molecular formula is C20H14NO. The molecule has 0 aliphatic carbocycles. The lowest BCUT2D eigenvalue weighted by molar-refractivity contribution is 0.247. The minimum absolute atomic E-state index is 0.229. The van der Waals surface area contributed by atoms with Gasteiger partial charge in [-0.2, -0.15) is 5.26 Å². The summed E-state index contributed by atoms with van der Waals surface area (Å²) in [5, 5.41) is 8.93. The fourth-order valence-electron chi connectivity index (χ4n) is 2.27. The number of nitrogens with zero attached hydrogens (tertiary/aromatic N) is 1. The molecular weight excluding hydrogens is 270 g/mol. The second kappa shape index (κ2) is 6.60. The standard InChI is InChI=1S/C20H14NO/c21-15-16-11-13-18(14-12-16)20(17-7-3-1-4-8-17)22-19-9-5-2-6-10-19/h1-9,11-14,20H. The van der Waals surface area contributed by atoms with E-state index in [2.05, 4.69) is 12.1 Å². The second-order valence-corrected chi connectivity index (χ2v) is 4.87. The van der Waals surface area contributed by atoms with Crippen LogP contribution in [-0.4, -0.2) is 0 Å². The number of nitriles is 1. The summed E-state index contributed by atoms with van der Waals surface area (Å²) < 4.78 is 6.12. The van der Waals surface area contributed by atoms with E-state index in [1.54, 1.807) is 0 Å². The van der Waals surface area contributed by atoms with Gasteiger partial charge in [-0.05, 0) is 29.3 Å². The van der Waals surface area contributed by atoms with Gasteiger partial charge in [0.25, 0.3) is 0 Å². The Hall–Kier alpha value is -3.05. The van der Waals surface area contributed by atoms with Gasteiger partial charge in [-0.15, -0.1) is 0 Å². The number of rotatable bonds is 4. The molecule has 0 bridgehead atoms. The molecule has 0 N–H and O–H groups in total. The van der Waals surface area contributed by atoms with Crippen LogP contribution in [0.1, 0.15) is 22.8 Å². The molecule has 2 nitrogen and oxygen atoms in total. The van der Waals surface area contributed by atoms with Gasteiger partial charge in [-0.1, -0.05) is 60.7 Å². The molecule has 1 unspecified atom stereocenters. The van der Waals surface area contributed by atoms with E-state index in [1.165, 1.54) is 0 Å². The smallest absolute Gasteiger partial charge is 0.149 e. The van der Waals surface area contributed by atoms with E-state index >= 15 is 0 Å². The summed E-state index contributed by atoms with van der Waals surface area (Å²) in [7, 11) is 0. The van der Waals surface area contributed by atoms with Crippen molar-refractivity contribution in [1.82, 2.24) is 0 Å². The molecule has 3 aromatic carbocycles. The van der Waals surface area contributed by atoms with E-state index in [0.717, 1.165) is 11.1 Å². The lowest BCUT2D eigenvalue weighted by atomic mass is 10.0. The molecule has 0 saturated carbocycles. The molecule has 3 aromatic rings. The molecule has 0 aliphatic heterocycles. The zero-order valence-electron chi connectivity index (χ0n) is 11.9. The maximum Gasteiger partial charge on any atom is 0.149 e. The van der Waals surface area contributed by atoms with Crippen LogP contribution in [0.5, 0.6) is 5.75 Å². The molecule has 0 saturated heterocycles. The van der Waals surface area contributed by atoms with Gasteiger partial charge in [-0.3, -0.25) is 0 Å². The quantitative estimate of drug-likeness (QED) is 0.705. The summed E-state index contributed by atoms with van der Waals surface area (Å²) in [6.07, 6.45) is -0.229. The van der Waals surface area contributed by atoms with Crippen molar-refractivity contribution in [3.05, 3.63) is 102 Å². The molecule has 0 aromatic heterocycles. The molecule has 22 heavy (non-hydrogen) atoms. The zero-order valence-corrected chi connectivity index (χ0v) is 11.9. The lowest BCUT2D eigenvalue weighted by Crippen LogP contribution is -2.09. The fourth-order valence-corrected chi connectivity index (χ4v) is 2.27. The average molecular weight is 284 g/mol. The number of ether oxygens (including phenoxy) is 1. The van der Waals surface area contributed by atoms with Crippen LogP contribution in [0.15, 0.2) is 78.9 Å². The van der Waals surface area contributed by atoms with Gasteiger partial charge in [-0.25, -0.2) is 0 Å². The van der Waals surface area contributed by atoms with Crippen molar-refractivity contribution in [3.8, 4) is 11.8 Å². The van der Waals surface area contributed by atoms with E-state index in [1.807, 2.05) is 78.9 Å². The summed E-state index contributed by atoms with van der Waals surface area (Å²) in [4.78, 5) is 0. The monoisotopic (exact) mass is 284 g/mol. The van der Waals surface area contributed by atoms with Crippen molar-refractivity contribution in [2.24, 2.45) is 0 Å². The Bertz CT molecular complexity index is 758. The normalized spacial score (nSPS) is 11.4. The van der Waals surface area contributed by atoms with E-state index in [0.29, 0.717) is 11.3 Å². The van der Waals surface area contributed by atoms with Gasteiger partial charge >= 0.3 is 0 Å². The molecule has 105 valence electrons. The van der Waals surface area contributed by atoms with Crippen LogP contribution in [0.2, 0.25) is 0 Å². The van der Waals surface area contributed by atoms with E-state index < -0.39 is 0 Å². The van der Waals surface area contributed by atoms with Crippen molar-refractivity contribution in [1.29, 1.82) is 5.26 Å². The Morgan fingerprint density at radius 3 is 2.14 bits per heavy atom. The largest absolute Gasteiger partial charge is 0.480 e. The first kappa shape index (κ1) is 13.9.